The van der Waals surface area contributed by atoms with E-state index in [0.29, 0.717) is 11.1 Å². The third-order valence-corrected chi connectivity index (χ3v) is 4.60. The first kappa shape index (κ1) is 22.9. The van der Waals surface area contributed by atoms with Gasteiger partial charge in [0.1, 0.15) is 18.0 Å². The lowest BCUT2D eigenvalue weighted by molar-refractivity contribution is -0.136. The molecular weight excluding hydrogens is 417 g/mol. The number of nitrogens with one attached hydrogen (secondary N) is 1. The summed E-state index contributed by atoms with van der Waals surface area (Å²) in [6.45, 7) is 6.02. The molecular formula is C23H24FN3O5. The minimum absolute atomic E-state index is 0.111. The third-order valence-electron chi connectivity index (χ3n) is 4.60. The van der Waals surface area contributed by atoms with E-state index in [1.165, 1.54) is 18.2 Å². The molecule has 1 atom stereocenters. The monoisotopic (exact) mass is 441 g/mol. The molecule has 8 nitrogen and oxygen atoms in total. The number of carbonyl (C=O) groups is 3. The Morgan fingerprint density at radius 1 is 1.16 bits per heavy atom. The van der Waals surface area contributed by atoms with Gasteiger partial charge in [-0.2, -0.15) is 0 Å². The Hall–Kier alpha value is -3.75. The number of alkyl carbamates (subject to hydrolysis) is 1. The second-order valence-corrected chi connectivity index (χ2v) is 8.30. The fourth-order valence-electron chi connectivity index (χ4n) is 3.39. The van der Waals surface area contributed by atoms with Crippen molar-refractivity contribution in [2.24, 2.45) is 4.99 Å². The van der Waals surface area contributed by atoms with Crippen molar-refractivity contribution in [3.8, 4) is 0 Å². The van der Waals surface area contributed by atoms with E-state index in [0.717, 1.165) is 4.90 Å². The number of aryl methyl sites for hydroxylation is 1. The fourth-order valence-corrected chi connectivity index (χ4v) is 3.39. The largest absolute Gasteiger partial charge is 0.480 e. The molecule has 3 rings (SSSR count). The number of benzodiazepines with no additional fused rings is 1. The maximum Gasteiger partial charge on any atom is 0.409 e. The average molecular weight is 441 g/mol. The highest BCUT2D eigenvalue weighted by atomic mass is 19.1. The predicted molar refractivity (Wildman–Crippen MR) is 116 cm³/mol. The maximum absolute atomic E-state index is 14.7. The molecule has 1 aliphatic heterocycles. The number of carbonyl (C=O) groups excluding carboxylic acids is 2. The number of hydrogen-bond donors (Lipinski definition) is 2. The van der Waals surface area contributed by atoms with Crippen LogP contribution < -0.4 is 10.2 Å². The molecule has 1 aliphatic rings. The molecule has 32 heavy (non-hydrogen) atoms. The number of rotatable bonds is 4. The summed E-state index contributed by atoms with van der Waals surface area (Å²) in [5, 5.41) is 11.8. The number of ether oxygens (including phenoxy) is 1. The van der Waals surface area contributed by atoms with Crippen LogP contribution in [0.5, 0.6) is 0 Å². The molecule has 0 bridgehead atoms. The zero-order valence-corrected chi connectivity index (χ0v) is 18.2. The highest BCUT2D eigenvalue weighted by molar-refractivity contribution is 6.21. The zero-order chi connectivity index (χ0) is 23.6. The summed E-state index contributed by atoms with van der Waals surface area (Å²) >= 11 is 0. The normalized spacial score (nSPS) is 16.0. The van der Waals surface area contributed by atoms with Crippen LogP contribution in [0.25, 0.3) is 0 Å². The van der Waals surface area contributed by atoms with E-state index in [9.17, 15) is 23.9 Å². The van der Waals surface area contributed by atoms with Crippen molar-refractivity contribution in [3.63, 3.8) is 0 Å². The number of nitrogens with zero attached hydrogens (tertiary/aromatic N) is 2. The number of halogens is 1. The number of carboxylic acids is 1. The van der Waals surface area contributed by atoms with Crippen LogP contribution in [0.2, 0.25) is 0 Å². The summed E-state index contributed by atoms with van der Waals surface area (Å²) in [6, 6.07) is 10.9. The van der Waals surface area contributed by atoms with E-state index < -0.39 is 42.1 Å². The molecule has 0 aromatic heterocycles. The van der Waals surface area contributed by atoms with Crippen LogP contribution in [0.4, 0.5) is 14.9 Å². The molecule has 2 N–H and O–H groups in total. The highest BCUT2D eigenvalue weighted by Crippen LogP contribution is 2.32. The van der Waals surface area contributed by atoms with E-state index in [4.69, 9.17) is 4.74 Å². The number of benzene rings is 2. The molecule has 0 saturated carbocycles. The van der Waals surface area contributed by atoms with Gasteiger partial charge in [0.05, 0.1) is 11.4 Å². The Morgan fingerprint density at radius 2 is 1.81 bits per heavy atom. The number of fused-ring (bicyclic) bond motifs is 1. The van der Waals surface area contributed by atoms with E-state index in [-0.39, 0.29) is 17.0 Å². The third kappa shape index (κ3) is 4.93. The van der Waals surface area contributed by atoms with Crippen molar-refractivity contribution in [1.82, 2.24) is 5.32 Å². The van der Waals surface area contributed by atoms with Crippen molar-refractivity contribution < 1.29 is 28.6 Å². The molecule has 0 aliphatic carbocycles. The second kappa shape index (κ2) is 8.78. The molecule has 2 aromatic rings. The lowest BCUT2D eigenvalue weighted by atomic mass is 9.97. The summed E-state index contributed by atoms with van der Waals surface area (Å²) in [5.41, 5.74) is 0.646. The molecule has 0 fully saturated rings. The molecule has 1 heterocycles. The number of aliphatic carboxylic acids is 1. The first-order chi connectivity index (χ1) is 15.0. The Kier molecular flexibility index (Phi) is 6.29. The summed E-state index contributed by atoms with van der Waals surface area (Å²) in [6.07, 6.45) is -2.43. The second-order valence-electron chi connectivity index (χ2n) is 8.30. The predicted octanol–water partition coefficient (Wildman–Crippen LogP) is 3.25. The van der Waals surface area contributed by atoms with Gasteiger partial charge in [-0.15, -0.1) is 0 Å². The van der Waals surface area contributed by atoms with Gasteiger partial charge in [-0.05, 0) is 45.4 Å². The van der Waals surface area contributed by atoms with Gasteiger partial charge in [0.2, 0.25) is 6.17 Å². The zero-order valence-electron chi connectivity index (χ0n) is 18.2. The lowest BCUT2D eigenvalue weighted by Crippen LogP contribution is -2.50. The van der Waals surface area contributed by atoms with Crippen molar-refractivity contribution in [2.45, 2.75) is 39.5 Å². The van der Waals surface area contributed by atoms with Crippen molar-refractivity contribution in [1.29, 1.82) is 0 Å². The van der Waals surface area contributed by atoms with Crippen LogP contribution >= 0.6 is 0 Å². The summed E-state index contributed by atoms with van der Waals surface area (Å²) in [5.74, 6) is -2.60. The molecule has 9 heteroatoms. The van der Waals surface area contributed by atoms with E-state index >= 15 is 0 Å². The fraction of sp³-hybridized carbons (Fsp3) is 0.304. The number of carboxylic acid groups (broad SMARTS) is 1. The van der Waals surface area contributed by atoms with Crippen LogP contribution in [0, 0.1) is 12.7 Å². The highest BCUT2D eigenvalue weighted by Gasteiger charge is 2.36. The number of aliphatic imine (C=N–C) groups is 1. The number of amides is 2. The Balaban J connectivity index is 2.21. The molecule has 2 aromatic carbocycles. The number of para-hydroxylation sites is 1. The van der Waals surface area contributed by atoms with Gasteiger partial charge in [0.25, 0.3) is 5.91 Å². The molecule has 0 unspecified atom stereocenters. The van der Waals surface area contributed by atoms with Crippen LogP contribution in [0.15, 0.2) is 47.5 Å². The first-order valence-corrected chi connectivity index (χ1v) is 9.93. The standard InChI is InChI=1S/C23H24FN3O5/c1-13-8-7-10-15-18(14-9-5-6-11-16(14)24)25-20(26-22(31)32-23(2,3)4)21(30)27(19(13)15)12-17(28)29/h5-11,20H,12H2,1-4H3,(H,26,31)(H,28,29)/t20-/m1/s1. The summed E-state index contributed by atoms with van der Waals surface area (Å²) in [7, 11) is 0. The first-order valence-electron chi connectivity index (χ1n) is 9.93. The SMILES string of the molecule is Cc1cccc2c1N(CC(=O)O)C(=O)[C@@H](NC(=O)OC(C)(C)C)N=C2c1ccccc1F. The Labute approximate surface area is 184 Å². The minimum Gasteiger partial charge on any atom is -0.480 e. The van der Waals surface area contributed by atoms with Gasteiger partial charge in [-0.3, -0.25) is 19.8 Å². The van der Waals surface area contributed by atoms with Crippen LogP contribution in [-0.2, 0) is 14.3 Å². The van der Waals surface area contributed by atoms with Gasteiger partial charge in [-0.1, -0.05) is 30.3 Å². The van der Waals surface area contributed by atoms with Crippen LogP contribution in [-0.4, -0.2) is 47.1 Å². The quantitative estimate of drug-likeness (QED) is 0.757. The summed E-state index contributed by atoms with van der Waals surface area (Å²) in [4.78, 5) is 42.7. The molecule has 0 saturated heterocycles. The van der Waals surface area contributed by atoms with Gasteiger partial charge >= 0.3 is 12.1 Å². The van der Waals surface area contributed by atoms with Crippen molar-refractivity contribution >= 4 is 29.4 Å². The number of hydrogen-bond acceptors (Lipinski definition) is 5. The van der Waals surface area contributed by atoms with Crippen LogP contribution in [0.1, 0.15) is 37.5 Å². The topological polar surface area (TPSA) is 108 Å². The van der Waals surface area contributed by atoms with E-state index in [2.05, 4.69) is 10.3 Å². The smallest absolute Gasteiger partial charge is 0.409 e. The maximum atomic E-state index is 14.7. The molecule has 2 amide bonds. The van der Waals surface area contributed by atoms with Gasteiger partial charge < -0.3 is 9.84 Å². The molecule has 0 radical (unpaired) electrons. The average Bonchev–Trinajstić information content (AvgIpc) is 2.78. The van der Waals surface area contributed by atoms with Crippen molar-refractivity contribution in [2.75, 3.05) is 11.4 Å². The summed E-state index contributed by atoms with van der Waals surface area (Å²) < 4.78 is 20.0. The Bertz CT molecular complexity index is 1110. The Morgan fingerprint density at radius 3 is 2.44 bits per heavy atom. The number of anilines is 1. The van der Waals surface area contributed by atoms with Gasteiger partial charge in [-0.25, -0.2) is 14.2 Å². The molecule has 168 valence electrons. The van der Waals surface area contributed by atoms with Crippen molar-refractivity contribution in [3.05, 3.63) is 65.0 Å². The van der Waals surface area contributed by atoms with E-state index in [1.807, 2.05) is 0 Å². The van der Waals surface area contributed by atoms with Crippen LogP contribution in [0.3, 0.4) is 0 Å². The van der Waals surface area contributed by atoms with Gasteiger partial charge in [0, 0.05) is 11.1 Å². The lowest BCUT2D eigenvalue weighted by Gasteiger charge is -2.26. The minimum atomic E-state index is -1.52. The molecule has 0 spiro atoms. The van der Waals surface area contributed by atoms with Gasteiger partial charge in [0.15, 0.2) is 0 Å². The van der Waals surface area contributed by atoms with E-state index in [1.54, 1.807) is 52.0 Å².